The molecule has 3 rings (SSSR count). The Balaban J connectivity index is 2.35. The van der Waals surface area contributed by atoms with Crippen LogP contribution in [0.1, 0.15) is 0 Å². The van der Waals surface area contributed by atoms with Crippen LogP contribution in [0.2, 0.25) is 0 Å². The van der Waals surface area contributed by atoms with Crippen LogP contribution in [0, 0.1) is 0 Å². The number of aromatic nitrogens is 1. The molecule has 0 bridgehead atoms. The molecule has 76 valence electrons. The summed E-state index contributed by atoms with van der Waals surface area (Å²) in [4.78, 5) is 6.35. The van der Waals surface area contributed by atoms with Gasteiger partial charge in [-0.05, 0) is 24.3 Å². The standard InChI is InChI=1S/C11H12N4/c1-15-10-7-3-2-6-13-8(7)4-5-9(10)14-11(15)12/h2-6,11,14H,12H2,1H3/t11-/m0/s1. The van der Waals surface area contributed by atoms with Gasteiger partial charge in [0.25, 0.3) is 0 Å². The van der Waals surface area contributed by atoms with Gasteiger partial charge >= 0.3 is 0 Å². The van der Waals surface area contributed by atoms with E-state index < -0.39 is 0 Å². The lowest BCUT2D eigenvalue weighted by molar-refractivity contribution is 0.771. The zero-order valence-corrected chi connectivity index (χ0v) is 8.44. The zero-order valence-electron chi connectivity index (χ0n) is 8.44. The Morgan fingerprint density at radius 2 is 2.27 bits per heavy atom. The molecule has 0 spiro atoms. The van der Waals surface area contributed by atoms with Gasteiger partial charge in [-0.2, -0.15) is 0 Å². The van der Waals surface area contributed by atoms with E-state index in [0.717, 1.165) is 22.3 Å². The lowest BCUT2D eigenvalue weighted by atomic mass is 10.1. The summed E-state index contributed by atoms with van der Waals surface area (Å²) in [5.41, 5.74) is 9.12. The molecular weight excluding hydrogens is 188 g/mol. The summed E-state index contributed by atoms with van der Waals surface area (Å²) in [7, 11) is 1.98. The van der Waals surface area contributed by atoms with Crippen LogP contribution in [0.5, 0.6) is 0 Å². The molecule has 4 heteroatoms. The summed E-state index contributed by atoms with van der Waals surface area (Å²) in [6.45, 7) is 0. The van der Waals surface area contributed by atoms with Crippen molar-refractivity contribution in [3.8, 4) is 0 Å². The van der Waals surface area contributed by atoms with Gasteiger partial charge in [0, 0.05) is 18.6 Å². The predicted octanol–water partition coefficient (Wildman–Crippen LogP) is 1.34. The molecule has 1 aromatic heterocycles. The van der Waals surface area contributed by atoms with Crippen molar-refractivity contribution >= 4 is 22.3 Å². The normalized spacial score (nSPS) is 19.1. The highest BCUT2D eigenvalue weighted by atomic mass is 15.4. The van der Waals surface area contributed by atoms with E-state index >= 15 is 0 Å². The molecule has 2 heterocycles. The monoisotopic (exact) mass is 200 g/mol. The molecule has 1 atom stereocenters. The smallest absolute Gasteiger partial charge is 0.152 e. The van der Waals surface area contributed by atoms with Crippen LogP contribution in [-0.2, 0) is 0 Å². The number of pyridine rings is 1. The Kier molecular flexibility index (Phi) is 1.61. The van der Waals surface area contributed by atoms with Gasteiger partial charge in [0.2, 0.25) is 0 Å². The summed E-state index contributed by atoms with van der Waals surface area (Å²) in [5, 5.41) is 4.35. The summed E-state index contributed by atoms with van der Waals surface area (Å²) in [6.07, 6.45) is 1.66. The van der Waals surface area contributed by atoms with Crippen LogP contribution in [-0.4, -0.2) is 18.3 Å². The summed E-state index contributed by atoms with van der Waals surface area (Å²) in [5.74, 6) is 0. The molecule has 0 saturated heterocycles. The summed E-state index contributed by atoms with van der Waals surface area (Å²) < 4.78 is 0. The van der Waals surface area contributed by atoms with Gasteiger partial charge in [0.15, 0.2) is 6.29 Å². The van der Waals surface area contributed by atoms with E-state index in [4.69, 9.17) is 5.73 Å². The van der Waals surface area contributed by atoms with E-state index in [2.05, 4.69) is 16.4 Å². The minimum atomic E-state index is -0.147. The van der Waals surface area contributed by atoms with Gasteiger partial charge in [0.05, 0.1) is 16.9 Å². The SMILES string of the molecule is CN1c2c(ccc3ncccc23)N[C@@H]1N. The van der Waals surface area contributed by atoms with Crippen molar-refractivity contribution in [1.29, 1.82) is 0 Å². The van der Waals surface area contributed by atoms with Gasteiger partial charge in [-0.25, -0.2) is 0 Å². The summed E-state index contributed by atoms with van der Waals surface area (Å²) in [6, 6.07) is 8.04. The Bertz CT molecular complexity index is 523. The lowest BCUT2D eigenvalue weighted by Crippen LogP contribution is -2.40. The van der Waals surface area contributed by atoms with Crippen molar-refractivity contribution in [2.24, 2.45) is 5.73 Å². The zero-order chi connectivity index (χ0) is 10.4. The quantitative estimate of drug-likeness (QED) is 0.673. The highest BCUT2D eigenvalue weighted by Gasteiger charge is 2.24. The van der Waals surface area contributed by atoms with Gasteiger partial charge in [-0.1, -0.05) is 0 Å². The molecule has 1 aliphatic rings. The maximum Gasteiger partial charge on any atom is 0.152 e. The number of hydrogen-bond donors (Lipinski definition) is 2. The highest BCUT2D eigenvalue weighted by molar-refractivity contribution is 6.00. The van der Waals surface area contributed by atoms with Gasteiger partial charge in [0.1, 0.15) is 0 Å². The summed E-state index contributed by atoms with van der Waals surface area (Å²) >= 11 is 0. The number of nitrogens with zero attached hydrogens (tertiary/aromatic N) is 2. The fourth-order valence-electron chi connectivity index (χ4n) is 2.03. The molecule has 3 N–H and O–H groups in total. The van der Waals surface area contributed by atoms with E-state index in [0.29, 0.717) is 0 Å². The Morgan fingerprint density at radius 3 is 3.13 bits per heavy atom. The second kappa shape index (κ2) is 2.84. The molecule has 2 aromatic rings. The van der Waals surface area contributed by atoms with E-state index in [9.17, 15) is 0 Å². The van der Waals surface area contributed by atoms with Crippen LogP contribution in [0.15, 0.2) is 30.5 Å². The fraction of sp³-hybridized carbons (Fsp3) is 0.182. The number of fused-ring (bicyclic) bond motifs is 3. The van der Waals surface area contributed by atoms with Crippen molar-refractivity contribution in [1.82, 2.24) is 4.98 Å². The average molecular weight is 200 g/mol. The molecular formula is C11H12N4. The fourth-order valence-corrected chi connectivity index (χ4v) is 2.03. The highest BCUT2D eigenvalue weighted by Crippen LogP contribution is 2.37. The largest absolute Gasteiger partial charge is 0.351 e. The number of nitrogens with one attached hydrogen (secondary N) is 1. The van der Waals surface area contributed by atoms with Crippen molar-refractivity contribution < 1.29 is 0 Å². The Labute approximate surface area is 87.7 Å². The van der Waals surface area contributed by atoms with Gasteiger partial charge < -0.3 is 10.2 Å². The van der Waals surface area contributed by atoms with E-state index in [-0.39, 0.29) is 6.29 Å². The number of rotatable bonds is 0. The van der Waals surface area contributed by atoms with Crippen molar-refractivity contribution in [2.75, 3.05) is 17.3 Å². The predicted molar refractivity (Wildman–Crippen MR) is 61.7 cm³/mol. The lowest BCUT2D eigenvalue weighted by Gasteiger charge is -2.18. The minimum Gasteiger partial charge on any atom is -0.351 e. The number of hydrogen-bond acceptors (Lipinski definition) is 4. The van der Waals surface area contributed by atoms with E-state index in [1.54, 1.807) is 6.20 Å². The maximum absolute atomic E-state index is 5.91. The first kappa shape index (κ1) is 8.49. The van der Waals surface area contributed by atoms with Crippen LogP contribution >= 0.6 is 0 Å². The topological polar surface area (TPSA) is 54.2 Å². The molecule has 15 heavy (non-hydrogen) atoms. The maximum atomic E-state index is 5.91. The molecule has 1 aliphatic heterocycles. The average Bonchev–Trinajstić information content (AvgIpc) is 2.55. The Hall–Kier alpha value is -1.81. The molecule has 0 amide bonds. The third-order valence-corrected chi connectivity index (χ3v) is 2.83. The molecule has 0 radical (unpaired) electrons. The van der Waals surface area contributed by atoms with E-state index in [1.165, 1.54) is 0 Å². The van der Waals surface area contributed by atoms with Crippen molar-refractivity contribution in [2.45, 2.75) is 6.29 Å². The molecule has 1 aromatic carbocycles. The van der Waals surface area contributed by atoms with Crippen molar-refractivity contribution in [3.63, 3.8) is 0 Å². The Morgan fingerprint density at radius 1 is 1.40 bits per heavy atom. The first-order valence-corrected chi connectivity index (χ1v) is 4.90. The third-order valence-electron chi connectivity index (χ3n) is 2.83. The third kappa shape index (κ3) is 1.08. The molecule has 0 aliphatic carbocycles. The van der Waals surface area contributed by atoms with Gasteiger partial charge in [-0.15, -0.1) is 0 Å². The first-order chi connectivity index (χ1) is 7.27. The second-order valence-corrected chi connectivity index (χ2v) is 3.73. The van der Waals surface area contributed by atoms with Crippen molar-refractivity contribution in [3.05, 3.63) is 30.5 Å². The molecule has 0 unspecified atom stereocenters. The number of anilines is 2. The molecule has 0 saturated carbocycles. The van der Waals surface area contributed by atoms with Crippen LogP contribution in [0.4, 0.5) is 11.4 Å². The number of nitrogens with two attached hydrogens (primary N) is 1. The van der Waals surface area contributed by atoms with Crippen LogP contribution < -0.4 is 16.0 Å². The van der Waals surface area contributed by atoms with Gasteiger partial charge in [-0.3, -0.25) is 10.7 Å². The minimum absolute atomic E-state index is 0.147. The van der Waals surface area contributed by atoms with E-state index in [1.807, 2.05) is 30.1 Å². The number of benzene rings is 1. The molecule has 4 nitrogen and oxygen atoms in total. The van der Waals surface area contributed by atoms with Crippen LogP contribution in [0.25, 0.3) is 10.9 Å². The first-order valence-electron chi connectivity index (χ1n) is 4.90. The van der Waals surface area contributed by atoms with Crippen LogP contribution in [0.3, 0.4) is 0 Å². The second-order valence-electron chi connectivity index (χ2n) is 3.73. The molecule has 0 fully saturated rings.